The van der Waals surface area contributed by atoms with Crippen molar-refractivity contribution in [3.63, 3.8) is 0 Å². The van der Waals surface area contributed by atoms with Crippen LogP contribution in [0.1, 0.15) is 65.5 Å². The van der Waals surface area contributed by atoms with Gasteiger partial charge in [0.1, 0.15) is 5.75 Å². The summed E-state index contributed by atoms with van der Waals surface area (Å²) in [5.74, 6) is 0.731. The Balaban J connectivity index is 2.08. The van der Waals surface area contributed by atoms with Gasteiger partial charge in [0.25, 0.3) is 0 Å². The number of rotatable bonds is 12. The largest absolute Gasteiger partial charge is 0.501 e. The second-order valence-electron chi connectivity index (χ2n) is 7.52. The Morgan fingerprint density at radius 1 is 1.07 bits per heavy atom. The Hall–Kier alpha value is -0.923. The lowest BCUT2D eigenvalue weighted by atomic mass is 9.95. The van der Waals surface area contributed by atoms with Crippen LogP contribution in [0.5, 0.6) is 5.75 Å². The second-order valence-corrected chi connectivity index (χ2v) is 10.3. The van der Waals surface area contributed by atoms with Crippen molar-refractivity contribution in [1.82, 2.24) is 0 Å². The normalized spacial score (nSPS) is 20.5. The van der Waals surface area contributed by atoms with Gasteiger partial charge in [0.05, 0.1) is 6.61 Å². The van der Waals surface area contributed by atoms with E-state index in [1.807, 2.05) is 20.8 Å². The summed E-state index contributed by atoms with van der Waals surface area (Å²) in [5, 5.41) is 0. The molecule has 0 N–H and O–H groups in total. The molecule has 0 spiro atoms. The number of hydrogen-bond donors (Lipinski definition) is 0. The van der Waals surface area contributed by atoms with E-state index >= 15 is 0 Å². The minimum absolute atomic E-state index is 0.348. The Labute approximate surface area is 172 Å². The Morgan fingerprint density at radius 2 is 1.71 bits per heavy atom. The molecule has 0 amide bonds. The number of ether oxygens (including phenoxy) is 2. The minimum atomic E-state index is -2.62. The first kappa shape index (κ1) is 23.4. The molecule has 0 saturated heterocycles. The number of hydrogen-bond acceptors (Lipinski definition) is 5. The van der Waals surface area contributed by atoms with Crippen molar-refractivity contribution in [2.24, 2.45) is 5.92 Å². The maximum Gasteiger partial charge on any atom is 0.501 e. The minimum Gasteiger partial charge on any atom is -0.462 e. The summed E-state index contributed by atoms with van der Waals surface area (Å²) < 4.78 is 30.3. The summed E-state index contributed by atoms with van der Waals surface area (Å²) in [6.07, 6.45) is 3.06. The molecule has 0 aliphatic carbocycles. The van der Waals surface area contributed by atoms with Crippen LogP contribution in [0.2, 0.25) is 6.04 Å². The summed E-state index contributed by atoms with van der Waals surface area (Å²) in [4.78, 5) is 0. The Kier molecular flexibility index (Phi) is 8.96. The van der Waals surface area contributed by atoms with Crippen molar-refractivity contribution in [1.29, 1.82) is 0 Å². The van der Waals surface area contributed by atoms with E-state index in [-0.39, 0.29) is 0 Å². The number of fused-ring (bicyclic) bond motifs is 1. The van der Waals surface area contributed by atoms with Gasteiger partial charge in [-0.05, 0) is 51.3 Å². The third-order valence-corrected chi connectivity index (χ3v) is 8.43. The zero-order valence-corrected chi connectivity index (χ0v) is 19.5. The summed E-state index contributed by atoms with van der Waals surface area (Å²) in [6.45, 7) is 14.8. The number of aryl methyl sites for hydroxylation is 1. The monoisotopic (exact) mass is 410 g/mol. The first-order valence-electron chi connectivity index (χ1n) is 10.8. The van der Waals surface area contributed by atoms with Crippen LogP contribution < -0.4 is 4.74 Å². The molecule has 0 radical (unpaired) electrons. The molecule has 28 heavy (non-hydrogen) atoms. The van der Waals surface area contributed by atoms with Crippen LogP contribution in [0, 0.1) is 5.92 Å². The third kappa shape index (κ3) is 5.80. The van der Waals surface area contributed by atoms with Gasteiger partial charge in [0.15, 0.2) is 0 Å². The predicted octanol–water partition coefficient (Wildman–Crippen LogP) is 5.34. The van der Waals surface area contributed by atoms with E-state index in [4.69, 9.17) is 22.8 Å². The topological polar surface area (TPSA) is 46.2 Å². The van der Waals surface area contributed by atoms with Crippen molar-refractivity contribution in [3.05, 3.63) is 29.3 Å². The molecule has 0 bridgehead atoms. The quantitative estimate of drug-likeness (QED) is 0.435. The van der Waals surface area contributed by atoms with Crippen LogP contribution in [0.3, 0.4) is 0 Å². The molecule has 2 rings (SSSR count). The summed E-state index contributed by atoms with van der Waals surface area (Å²) >= 11 is 0. The van der Waals surface area contributed by atoms with E-state index in [2.05, 4.69) is 39.0 Å². The van der Waals surface area contributed by atoms with Gasteiger partial charge in [-0.1, -0.05) is 26.3 Å². The van der Waals surface area contributed by atoms with Crippen LogP contribution >= 0.6 is 0 Å². The molecule has 160 valence electrons. The summed E-state index contributed by atoms with van der Waals surface area (Å²) in [6, 6.07) is 7.17. The average molecular weight is 411 g/mol. The van der Waals surface area contributed by atoms with Crippen molar-refractivity contribution in [3.8, 4) is 5.75 Å². The van der Waals surface area contributed by atoms with Crippen LogP contribution in [0.25, 0.3) is 0 Å². The molecule has 1 aromatic carbocycles. The van der Waals surface area contributed by atoms with Crippen LogP contribution in [0.15, 0.2) is 18.2 Å². The zero-order chi connectivity index (χ0) is 20.6. The second kappa shape index (κ2) is 10.7. The highest BCUT2D eigenvalue weighted by Crippen LogP contribution is 2.37. The lowest BCUT2D eigenvalue weighted by molar-refractivity contribution is -0.223. The van der Waals surface area contributed by atoms with Crippen LogP contribution in [-0.4, -0.2) is 34.4 Å². The van der Waals surface area contributed by atoms with Gasteiger partial charge in [-0.25, -0.2) is 0 Å². The average Bonchev–Trinajstić information content (AvgIpc) is 2.67. The highest BCUT2D eigenvalue weighted by atomic mass is 28.4. The van der Waals surface area contributed by atoms with Crippen molar-refractivity contribution in [2.75, 3.05) is 19.8 Å². The lowest BCUT2D eigenvalue weighted by Gasteiger charge is -2.40. The Bertz CT molecular complexity index is 592. The van der Waals surface area contributed by atoms with Gasteiger partial charge in [0.2, 0.25) is 5.79 Å². The van der Waals surface area contributed by atoms with E-state index in [1.54, 1.807) is 0 Å². The lowest BCUT2D eigenvalue weighted by Crippen LogP contribution is -2.46. The third-order valence-electron chi connectivity index (χ3n) is 5.38. The number of benzene rings is 1. The molecule has 0 aromatic heterocycles. The van der Waals surface area contributed by atoms with Gasteiger partial charge < -0.3 is 22.8 Å². The van der Waals surface area contributed by atoms with Gasteiger partial charge >= 0.3 is 8.80 Å². The van der Waals surface area contributed by atoms with Gasteiger partial charge in [-0.15, -0.1) is 0 Å². The summed E-state index contributed by atoms with van der Waals surface area (Å²) in [7, 11) is -2.62. The van der Waals surface area contributed by atoms with Gasteiger partial charge in [-0.3, -0.25) is 0 Å². The van der Waals surface area contributed by atoms with Gasteiger partial charge in [0, 0.05) is 44.3 Å². The molecule has 5 nitrogen and oxygen atoms in total. The van der Waals surface area contributed by atoms with Crippen LogP contribution in [-0.2, 0) is 31.0 Å². The maximum absolute atomic E-state index is 6.26. The molecular formula is C22H38O5Si. The highest BCUT2D eigenvalue weighted by molar-refractivity contribution is 6.60. The molecular weight excluding hydrogens is 372 g/mol. The zero-order valence-electron chi connectivity index (χ0n) is 18.5. The first-order valence-corrected chi connectivity index (χ1v) is 12.7. The molecule has 1 aliphatic rings. The van der Waals surface area contributed by atoms with E-state index in [0.717, 1.165) is 36.6 Å². The van der Waals surface area contributed by atoms with E-state index < -0.39 is 14.6 Å². The molecule has 2 unspecified atom stereocenters. The van der Waals surface area contributed by atoms with E-state index in [1.165, 1.54) is 5.56 Å². The molecule has 1 heterocycles. The molecule has 0 fully saturated rings. The predicted molar refractivity (Wildman–Crippen MR) is 113 cm³/mol. The van der Waals surface area contributed by atoms with Crippen molar-refractivity contribution < 1.29 is 22.8 Å². The van der Waals surface area contributed by atoms with Gasteiger partial charge in [-0.2, -0.15) is 0 Å². The fourth-order valence-corrected chi connectivity index (χ4v) is 6.30. The summed E-state index contributed by atoms with van der Waals surface area (Å²) in [5.41, 5.74) is 2.34. The first-order chi connectivity index (χ1) is 13.4. The molecule has 2 atom stereocenters. The Morgan fingerprint density at radius 3 is 2.29 bits per heavy atom. The fourth-order valence-electron chi connectivity index (χ4n) is 3.71. The highest BCUT2D eigenvalue weighted by Gasteiger charge is 2.40. The molecule has 6 heteroatoms. The fraction of sp³-hybridized carbons (Fsp3) is 0.727. The van der Waals surface area contributed by atoms with E-state index in [9.17, 15) is 0 Å². The SMILES string of the molecule is CCCC(C)C1(C)OCc2cc(CC[Si](OCC)(OCC)OCC)ccc2O1. The van der Waals surface area contributed by atoms with Crippen molar-refractivity contribution >= 4 is 8.80 Å². The molecule has 0 saturated carbocycles. The standard InChI is InChI=1S/C22H38O5Si/c1-7-11-18(5)22(6)23-17-20-16-19(12-13-21(20)27-22)14-15-28(24-8-2,25-9-3)26-10-4/h12-13,16,18H,7-11,14-15,17H2,1-6H3. The maximum atomic E-state index is 6.26. The van der Waals surface area contributed by atoms with Crippen LogP contribution in [0.4, 0.5) is 0 Å². The van der Waals surface area contributed by atoms with Crippen molar-refractivity contribution in [2.45, 2.75) is 79.2 Å². The van der Waals surface area contributed by atoms with E-state index in [0.29, 0.717) is 32.3 Å². The smallest absolute Gasteiger partial charge is 0.462 e. The molecule has 1 aromatic rings. The molecule has 1 aliphatic heterocycles.